The van der Waals surface area contributed by atoms with Crippen molar-refractivity contribution in [1.29, 1.82) is 0 Å². The van der Waals surface area contributed by atoms with E-state index in [2.05, 4.69) is 15.3 Å². The van der Waals surface area contributed by atoms with E-state index in [-0.39, 0.29) is 5.92 Å². The summed E-state index contributed by atoms with van der Waals surface area (Å²) in [6, 6.07) is 1.72. The van der Waals surface area contributed by atoms with Crippen LogP contribution in [0.15, 0.2) is 18.5 Å². The maximum absolute atomic E-state index is 10.8. The first kappa shape index (κ1) is 12.8. The first-order valence-electron chi connectivity index (χ1n) is 6.05. The van der Waals surface area contributed by atoms with Crippen LogP contribution in [0, 0.1) is 5.92 Å². The first-order valence-corrected chi connectivity index (χ1v) is 6.05. The molecule has 18 heavy (non-hydrogen) atoms. The van der Waals surface area contributed by atoms with Crippen molar-refractivity contribution in [3.05, 3.63) is 18.5 Å². The maximum Gasteiger partial charge on any atom is 0.306 e. The van der Waals surface area contributed by atoms with E-state index in [1.807, 2.05) is 0 Å². The molecule has 98 valence electrons. The average molecular weight is 251 g/mol. The van der Waals surface area contributed by atoms with Gasteiger partial charge in [0.1, 0.15) is 0 Å². The highest BCUT2D eigenvalue weighted by atomic mass is 16.4. The van der Waals surface area contributed by atoms with E-state index in [0.717, 1.165) is 0 Å². The second kappa shape index (κ2) is 5.30. The fraction of sp³-hybridized carbons (Fsp3) is 0.583. The van der Waals surface area contributed by atoms with E-state index in [9.17, 15) is 9.90 Å². The lowest BCUT2D eigenvalue weighted by atomic mass is 9.79. The summed E-state index contributed by atoms with van der Waals surface area (Å²) in [6.07, 6.45) is 5.27. The third-order valence-corrected chi connectivity index (χ3v) is 3.41. The van der Waals surface area contributed by atoms with Gasteiger partial charge in [0, 0.05) is 18.9 Å². The normalized spacial score (nSPS) is 27.7. The van der Waals surface area contributed by atoms with Gasteiger partial charge < -0.3 is 15.5 Å². The van der Waals surface area contributed by atoms with Crippen LogP contribution in [0.2, 0.25) is 0 Å². The van der Waals surface area contributed by atoms with E-state index < -0.39 is 11.6 Å². The van der Waals surface area contributed by atoms with Gasteiger partial charge >= 0.3 is 5.97 Å². The molecule has 6 nitrogen and oxygen atoms in total. The van der Waals surface area contributed by atoms with E-state index in [1.54, 1.807) is 18.5 Å². The summed E-state index contributed by atoms with van der Waals surface area (Å²) in [7, 11) is 0. The maximum atomic E-state index is 10.8. The molecule has 1 aliphatic rings. The number of rotatable bonds is 4. The van der Waals surface area contributed by atoms with E-state index >= 15 is 0 Å². The van der Waals surface area contributed by atoms with Crippen molar-refractivity contribution in [1.82, 2.24) is 9.97 Å². The molecular weight excluding hydrogens is 234 g/mol. The highest BCUT2D eigenvalue weighted by molar-refractivity contribution is 5.70. The summed E-state index contributed by atoms with van der Waals surface area (Å²) in [5.41, 5.74) is -0.856. The van der Waals surface area contributed by atoms with Gasteiger partial charge in [0.25, 0.3) is 0 Å². The second-order valence-electron chi connectivity index (χ2n) is 4.76. The lowest BCUT2D eigenvalue weighted by Gasteiger charge is -2.34. The number of carboxylic acid groups (broad SMARTS) is 1. The lowest BCUT2D eigenvalue weighted by molar-refractivity contribution is -0.144. The summed E-state index contributed by atoms with van der Waals surface area (Å²) in [4.78, 5) is 18.8. The fourth-order valence-corrected chi connectivity index (χ4v) is 2.21. The molecule has 1 fully saturated rings. The molecule has 1 saturated carbocycles. The summed E-state index contributed by atoms with van der Waals surface area (Å²) in [5, 5.41) is 22.2. The van der Waals surface area contributed by atoms with Crippen molar-refractivity contribution in [2.24, 2.45) is 5.92 Å². The molecule has 2 rings (SSSR count). The average Bonchev–Trinajstić information content (AvgIpc) is 2.38. The second-order valence-corrected chi connectivity index (χ2v) is 4.76. The molecule has 0 atom stereocenters. The Morgan fingerprint density at radius 2 is 2.00 bits per heavy atom. The lowest BCUT2D eigenvalue weighted by Crippen LogP contribution is -2.42. The number of anilines is 1. The van der Waals surface area contributed by atoms with E-state index in [1.165, 1.54) is 0 Å². The van der Waals surface area contributed by atoms with Gasteiger partial charge in [-0.2, -0.15) is 0 Å². The van der Waals surface area contributed by atoms with Crippen LogP contribution in [0.3, 0.4) is 0 Å². The SMILES string of the molecule is O=C(O)C1CCC(O)(CNc2ncccn2)CC1. The quantitative estimate of drug-likeness (QED) is 0.735. The molecule has 0 radical (unpaired) electrons. The van der Waals surface area contributed by atoms with E-state index in [0.29, 0.717) is 38.2 Å². The number of aliphatic carboxylic acids is 1. The third kappa shape index (κ3) is 3.16. The Bertz CT molecular complexity index is 402. The Kier molecular flexibility index (Phi) is 3.76. The Balaban J connectivity index is 1.85. The summed E-state index contributed by atoms with van der Waals surface area (Å²) in [6.45, 7) is 0.351. The minimum atomic E-state index is -0.856. The van der Waals surface area contributed by atoms with Crippen molar-refractivity contribution < 1.29 is 15.0 Å². The summed E-state index contributed by atoms with van der Waals surface area (Å²) in [5.74, 6) is -0.610. The molecule has 1 aromatic heterocycles. The van der Waals surface area contributed by atoms with Gasteiger partial charge in [-0.15, -0.1) is 0 Å². The Morgan fingerprint density at radius 1 is 1.39 bits per heavy atom. The smallest absolute Gasteiger partial charge is 0.306 e. The van der Waals surface area contributed by atoms with Gasteiger partial charge in [-0.05, 0) is 31.7 Å². The predicted octanol–water partition coefficient (Wildman–Crippen LogP) is 0.894. The molecule has 0 aliphatic heterocycles. The number of carbonyl (C=O) groups is 1. The first-order chi connectivity index (χ1) is 8.59. The standard InChI is InChI=1S/C12H17N3O3/c16-10(17)9-2-4-12(18,5-3-9)8-15-11-13-6-1-7-14-11/h1,6-7,9,18H,2-5,8H2,(H,16,17)(H,13,14,15). The molecule has 0 aromatic carbocycles. The van der Waals surface area contributed by atoms with Crippen molar-refractivity contribution in [2.45, 2.75) is 31.3 Å². The van der Waals surface area contributed by atoms with Crippen LogP contribution in [0.5, 0.6) is 0 Å². The highest BCUT2D eigenvalue weighted by Gasteiger charge is 2.35. The zero-order valence-electron chi connectivity index (χ0n) is 10.0. The van der Waals surface area contributed by atoms with Crippen LogP contribution >= 0.6 is 0 Å². The number of hydrogen-bond acceptors (Lipinski definition) is 5. The fourth-order valence-electron chi connectivity index (χ4n) is 2.21. The molecule has 0 saturated heterocycles. The predicted molar refractivity (Wildman–Crippen MR) is 65.1 cm³/mol. The van der Waals surface area contributed by atoms with Gasteiger partial charge in [-0.25, -0.2) is 9.97 Å². The molecule has 3 N–H and O–H groups in total. The van der Waals surface area contributed by atoms with Crippen LogP contribution in [0.4, 0.5) is 5.95 Å². The topological polar surface area (TPSA) is 95.3 Å². The molecule has 6 heteroatoms. The largest absolute Gasteiger partial charge is 0.481 e. The number of nitrogens with zero attached hydrogens (tertiary/aromatic N) is 2. The number of nitrogens with one attached hydrogen (secondary N) is 1. The minimum absolute atomic E-state index is 0.321. The van der Waals surface area contributed by atoms with Crippen molar-refractivity contribution in [3.8, 4) is 0 Å². The van der Waals surface area contributed by atoms with Gasteiger partial charge in [0.05, 0.1) is 11.5 Å². The molecule has 0 unspecified atom stereocenters. The summed E-state index contributed by atoms with van der Waals surface area (Å²) < 4.78 is 0. The van der Waals surface area contributed by atoms with Crippen LogP contribution in [-0.4, -0.2) is 38.3 Å². The molecule has 0 bridgehead atoms. The van der Waals surface area contributed by atoms with Crippen molar-refractivity contribution in [2.75, 3.05) is 11.9 Å². The molecule has 1 aliphatic carbocycles. The van der Waals surface area contributed by atoms with E-state index in [4.69, 9.17) is 5.11 Å². The Hall–Kier alpha value is -1.69. The van der Waals surface area contributed by atoms with Crippen LogP contribution in [-0.2, 0) is 4.79 Å². The number of aliphatic hydroxyl groups is 1. The van der Waals surface area contributed by atoms with Crippen LogP contribution in [0.25, 0.3) is 0 Å². The zero-order valence-corrected chi connectivity index (χ0v) is 10.0. The minimum Gasteiger partial charge on any atom is -0.481 e. The van der Waals surface area contributed by atoms with Gasteiger partial charge in [-0.3, -0.25) is 4.79 Å². The highest BCUT2D eigenvalue weighted by Crippen LogP contribution is 2.32. The van der Waals surface area contributed by atoms with Crippen molar-refractivity contribution in [3.63, 3.8) is 0 Å². The number of carboxylic acids is 1. The van der Waals surface area contributed by atoms with Gasteiger partial charge in [0.15, 0.2) is 0 Å². The monoisotopic (exact) mass is 251 g/mol. The molecule has 1 heterocycles. The summed E-state index contributed by atoms with van der Waals surface area (Å²) >= 11 is 0. The van der Waals surface area contributed by atoms with Crippen molar-refractivity contribution >= 4 is 11.9 Å². The molecule has 1 aromatic rings. The third-order valence-electron chi connectivity index (χ3n) is 3.41. The molecule has 0 amide bonds. The zero-order chi connectivity index (χ0) is 13.0. The molecular formula is C12H17N3O3. The number of aromatic nitrogens is 2. The molecule has 0 spiro atoms. The van der Waals surface area contributed by atoms with Crippen LogP contribution < -0.4 is 5.32 Å². The van der Waals surface area contributed by atoms with Gasteiger partial charge in [0.2, 0.25) is 5.95 Å². The van der Waals surface area contributed by atoms with Crippen LogP contribution in [0.1, 0.15) is 25.7 Å². The van der Waals surface area contributed by atoms with Gasteiger partial charge in [-0.1, -0.05) is 0 Å². The Labute approximate surface area is 105 Å². The Morgan fingerprint density at radius 3 is 2.56 bits per heavy atom. The number of hydrogen-bond donors (Lipinski definition) is 3.